The van der Waals surface area contributed by atoms with E-state index in [1.54, 1.807) is 7.11 Å². The summed E-state index contributed by atoms with van der Waals surface area (Å²) in [6.07, 6.45) is -0.663. The Morgan fingerprint density at radius 3 is 2.14 bits per heavy atom. The molecule has 3 aromatic rings. The summed E-state index contributed by atoms with van der Waals surface area (Å²) in [6.45, 7) is 5.22. The summed E-state index contributed by atoms with van der Waals surface area (Å²) in [5, 5.41) is 12.3. The zero-order valence-electron chi connectivity index (χ0n) is 20.8. The van der Waals surface area contributed by atoms with Crippen molar-refractivity contribution in [1.82, 2.24) is 0 Å². The van der Waals surface area contributed by atoms with Crippen LogP contribution in [0.25, 0.3) is 6.08 Å². The Morgan fingerprint density at radius 1 is 0.917 bits per heavy atom. The van der Waals surface area contributed by atoms with Gasteiger partial charge >= 0.3 is 6.18 Å². The van der Waals surface area contributed by atoms with Crippen LogP contribution >= 0.6 is 0 Å². The minimum Gasteiger partial charge on any atom is -0.388 e. The molecule has 0 bridgehead atoms. The molecule has 0 aliphatic carbocycles. The van der Waals surface area contributed by atoms with Crippen molar-refractivity contribution in [2.75, 3.05) is 13.9 Å². The van der Waals surface area contributed by atoms with E-state index in [2.05, 4.69) is 37.4 Å². The first kappa shape index (κ1) is 27.9. The molecule has 0 heterocycles. The summed E-state index contributed by atoms with van der Waals surface area (Å²) in [5.41, 5.74) is 1.88. The molecule has 0 amide bonds. The molecule has 7 heteroatoms. The maximum Gasteiger partial charge on any atom is 0.416 e. The smallest absolute Gasteiger partial charge is 0.388 e. The third-order valence-electron chi connectivity index (χ3n) is 6.52. The van der Waals surface area contributed by atoms with Gasteiger partial charge in [-0.15, -0.1) is 0 Å². The fourth-order valence-electron chi connectivity index (χ4n) is 4.16. The Bertz CT molecular complexity index is 1100. The lowest BCUT2D eigenvalue weighted by Crippen LogP contribution is -2.45. The van der Waals surface area contributed by atoms with Gasteiger partial charge in [-0.1, -0.05) is 97.2 Å². The van der Waals surface area contributed by atoms with Crippen LogP contribution in [0.15, 0.2) is 84.9 Å². The highest BCUT2D eigenvalue weighted by atomic mass is 28.3. The van der Waals surface area contributed by atoms with Gasteiger partial charge in [0.15, 0.2) is 0 Å². The van der Waals surface area contributed by atoms with Crippen molar-refractivity contribution in [3.8, 4) is 0 Å². The SMILES string of the molecule is COCOCc1ccc(/C=C/[C@@H](C[C@H](O)c2ccc(C(F)(F)F)cc2)[Si](C)(C)c2ccccc2)cc1. The van der Waals surface area contributed by atoms with Gasteiger partial charge in [0.1, 0.15) is 6.79 Å². The number of aliphatic hydroxyl groups is 1. The largest absolute Gasteiger partial charge is 0.416 e. The van der Waals surface area contributed by atoms with E-state index in [1.807, 2.05) is 42.5 Å². The predicted octanol–water partition coefficient (Wildman–Crippen LogP) is 6.95. The molecule has 1 N–H and O–H groups in total. The second kappa shape index (κ2) is 12.5. The number of aliphatic hydroxyl groups excluding tert-OH is 1. The lowest BCUT2D eigenvalue weighted by Gasteiger charge is -2.33. The standard InChI is InChI=1S/C29H33F3O3Si/c1-34-21-35-20-23-11-9-22(10-12-23)13-18-27(36(2,3)26-7-5-4-6-8-26)19-28(33)24-14-16-25(17-15-24)29(30,31)32/h4-18,27-28,33H,19-21H2,1-3H3/b18-13+/t27-,28-/m0/s1. The van der Waals surface area contributed by atoms with E-state index >= 15 is 0 Å². The molecule has 0 saturated heterocycles. The highest BCUT2D eigenvalue weighted by Gasteiger charge is 2.34. The molecule has 0 unspecified atom stereocenters. The molecule has 3 rings (SSSR count). The zero-order valence-corrected chi connectivity index (χ0v) is 21.8. The van der Waals surface area contributed by atoms with Gasteiger partial charge in [-0.25, -0.2) is 0 Å². The number of methoxy groups -OCH3 is 1. The number of halogens is 3. The molecule has 3 aromatic carbocycles. The van der Waals surface area contributed by atoms with Crippen molar-refractivity contribution < 1.29 is 27.8 Å². The van der Waals surface area contributed by atoms with Gasteiger partial charge in [-0.2, -0.15) is 13.2 Å². The molecule has 0 aromatic heterocycles. The number of rotatable bonds is 11. The number of hydrogen-bond acceptors (Lipinski definition) is 3. The summed E-state index contributed by atoms with van der Waals surface area (Å²) in [5.74, 6) is 0. The zero-order chi connectivity index (χ0) is 26.2. The summed E-state index contributed by atoms with van der Waals surface area (Å²) >= 11 is 0. The van der Waals surface area contributed by atoms with Crippen molar-refractivity contribution >= 4 is 19.3 Å². The number of alkyl halides is 3. The summed E-state index contributed by atoms with van der Waals surface area (Å²) in [7, 11) is -0.510. The van der Waals surface area contributed by atoms with Crippen LogP contribution in [0.4, 0.5) is 13.2 Å². The third kappa shape index (κ3) is 7.64. The fraction of sp³-hybridized carbons (Fsp3) is 0.310. The second-order valence-electron chi connectivity index (χ2n) is 9.42. The second-order valence-corrected chi connectivity index (χ2v) is 14.2. The van der Waals surface area contributed by atoms with Crippen LogP contribution in [0, 0.1) is 0 Å². The molecule has 0 radical (unpaired) electrons. The first-order valence-corrected chi connectivity index (χ1v) is 14.9. The molecule has 0 saturated carbocycles. The van der Waals surface area contributed by atoms with Crippen molar-refractivity contribution in [2.45, 2.75) is 43.9 Å². The van der Waals surface area contributed by atoms with Crippen molar-refractivity contribution in [3.63, 3.8) is 0 Å². The van der Waals surface area contributed by atoms with Crippen molar-refractivity contribution in [1.29, 1.82) is 0 Å². The van der Waals surface area contributed by atoms with Crippen LogP contribution in [0.5, 0.6) is 0 Å². The van der Waals surface area contributed by atoms with Crippen LogP contribution in [0.3, 0.4) is 0 Å². The topological polar surface area (TPSA) is 38.7 Å². The summed E-state index contributed by atoms with van der Waals surface area (Å²) in [6, 6.07) is 23.1. The number of benzene rings is 3. The Balaban J connectivity index is 1.82. The Morgan fingerprint density at radius 2 is 1.56 bits per heavy atom. The van der Waals surface area contributed by atoms with Crippen LogP contribution in [0.2, 0.25) is 18.6 Å². The van der Waals surface area contributed by atoms with E-state index in [1.165, 1.54) is 17.3 Å². The molecule has 0 spiro atoms. The Hall–Kier alpha value is -2.71. The first-order chi connectivity index (χ1) is 17.1. The van der Waals surface area contributed by atoms with E-state index in [9.17, 15) is 18.3 Å². The lowest BCUT2D eigenvalue weighted by atomic mass is 10.0. The molecule has 3 nitrogen and oxygen atoms in total. The minimum atomic E-state index is -4.40. The van der Waals surface area contributed by atoms with E-state index in [0.717, 1.165) is 23.3 Å². The molecule has 2 atom stereocenters. The van der Waals surface area contributed by atoms with Gasteiger partial charge in [-0.05, 0) is 40.8 Å². The van der Waals surface area contributed by atoms with Crippen molar-refractivity contribution in [3.05, 3.63) is 107 Å². The summed E-state index contributed by atoms with van der Waals surface area (Å²) < 4.78 is 49.2. The average Bonchev–Trinajstić information content (AvgIpc) is 2.87. The van der Waals surface area contributed by atoms with Crippen LogP contribution in [-0.4, -0.2) is 27.1 Å². The first-order valence-electron chi connectivity index (χ1n) is 11.9. The van der Waals surface area contributed by atoms with E-state index in [-0.39, 0.29) is 12.3 Å². The Kier molecular flexibility index (Phi) is 9.67. The van der Waals surface area contributed by atoms with E-state index < -0.39 is 25.9 Å². The van der Waals surface area contributed by atoms with Gasteiger partial charge < -0.3 is 14.6 Å². The lowest BCUT2D eigenvalue weighted by molar-refractivity contribution is -0.137. The average molecular weight is 515 g/mol. The van der Waals surface area contributed by atoms with Crippen LogP contribution < -0.4 is 5.19 Å². The molecule has 192 valence electrons. The maximum atomic E-state index is 13.0. The third-order valence-corrected chi connectivity index (χ3v) is 10.6. The molecule has 0 fully saturated rings. The fourth-order valence-corrected chi connectivity index (χ4v) is 7.03. The van der Waals surface area contributed by atoms with E-state index in [0.29, 0.717) is 18.6 Å². The number of hydrogen-bond donors (Lipinski definition) is 1. The molecular weight excluding hydrogens is 481 g/mol. The predicted molar refractivity (Wildman–Crippen MR) is 140 cm³/mol. The van der Waals surface area contributed by atoms with Gasteiger partial charge in [0.2, 0.25) is 0 Å². The maximum absolute atomic E-state index is 13.0. The molecular formula is C29H33F3O3Si. The minimum absolute atomic E-state index is 0.0434. The highest BCUT2D eigenvalue weighted by molar-refractivity contribution is 6.91. The Labute approximate surface area is 212 Å². The quantitative estimate of drug-likeness (QED) is 0.171. The monoisotopic (exact) mass is 514 g/mol. The van der Waals surface area contributed by atoms with Gasteiger partial charge in [-0.3, -0.25) is 0 Å². The molecule has 36 heavy (non-hydrogen) atoms. The normalized spacial score (nSPS) is 14.2. The highest BCUT2D eigenvalue weighted by Crippen LogP contribution is 2.35. The molecule has 0 aliphatic rings. The van der Waals surface area contributed by atoms with Gasteiger partial charge in [0.25, 0.3) is 0 Å². The van der Waals surface area contributed by atoms with Crippen LogP contribution in [-0.2, 0) is 22.3 Å². The van der Waals surface area contributed by atoms with Gasteiger partial charge in [0, 0.05) is 7.11 Å². The van der Waals surface area contributed by atoms with Crippen molar-refractivity contribution in [2.24, 2.45) is 0 Å². The van der Waals surface area contributed by atoms with Gasteiger partial charge in [0.05, 0.1) is 26.3 Å². The molecule has 0 aliphatic heterocycles. The number of ether oxygens (including phenoxy) is 2. The van der Waals surface area contributed by atoms with E-state index in [4.69, 9.17) is 9.47 Å². The summed E-state index contributed by atoms with van der Waals surface area (Å²) in [4.78, 5) is 0. The van der Waals surface area contributed by atoms with Crippen LogP contribution in [0.1, 0.15) is 34.8 Å². The number of allylic oxidation sites excluding steroid dienone is 1.